The molecule has 2 aromatic rings. The molecule has 164 valence electrons. The Morgan fingerprint density at radius 2 is 1.91 bits per heavy atom. The molecular weight excluding hydrogens is 416 g/mol. The second-order valence-corrected chi connectivity index (χ2v) is 7.38. The number of urea groups is 1. The van der Waals surface area contributed by atoms with Crippen molar-refractivity contribution < 1.29 is 28.7 Å². The van der Waals surface area contributed by atoms with Gasteiger partial charge in [0.1, 0.15) is 11.8 Å². The monoisotopic (exact) mass is 436 g/mol. The maximum Gasteiger partial charge on any atom is 0.326 e. The Morgan fingerprint density at radius 1 is 1.12 bits per heavy atom. The standard InChI is InChI=1S/C22H20N4O6/c1-32-17-5-3-2-4-15(17)23-22(31)25-19(28)12-6-7-13-11-26(21(30)14(13)10-12)16-8-9-18(27)24-20(16)29/h2-7,10,16H,8-9,11H2,1H3,(H,24,27,29)(H2,23,25,28,31). The molecule has 0 bridgehead atoms. The molecule has 0 radical (unpaired) electrons. The van der Waals surface area contributed by atoms with Crippen molar-refractivity contribution in [2.45, 2.75) is 25.4 Å². The number of imide groups is 2. The Kier molecular flexibility index (Phi) is 5.59. The number of carbonyl (C=O) groups is 5. The summed E-state index contributed by atoms with van der Waals surface area (Å²) < 4.78 is 5.15. The number of hydrogen-bond donors (Lipinski definition) is 3. The van der Waals surface area contributed by atoms with Gasteiger partial charge in [0.15, 0.2) is 0 Å². The van der Waals surface area contributed by atoms with Gasteiger partial charge < -0.3 is 15.0 Å². The zero-order chi connectivity index (χ0) is 22.8. The lowest BCUT2D eigenvalue weighted by Gasteiger charge is -2.29. The Bertz CT molecular complexity index is 1140. The molecule has 6 amide bonds. The fourth-order valence-corrected chi connectivity index (χ4v) is 3.77. The lowest BCUT2D eigenvalue weighted by atomic mass is 10.0. The Morgan fingerprint density at radius 3 is 2.66 bits per heavy atom. The van der Waals surface area contributed by atoms with E-state index in [2.05, 4.69) is 16.0 Å². The summed E-state index contributed by atoms with van der Waals surface area (Å²) in [4.78, 5) is 62.6. The van der Waals surface area contributed by atoms with Crippen LogP contribution in [0.25, 0.3) is 0 Å². The predicted molar refractivity (Wildman–Crippen MR) is 112 cm³/mol. The third-order valence-electron chi connectivity index (χ3n) is 5.37. The third-order valence-corrected chi connectivity index (χ3v) is 5.37. The normalized spacial score (nSPS) is 17.5. The largest absolute Gasteiger partial charge is 0.495 e. The number of methoxy groups -OCH3 is 1. The van der Waals surface area contributed by atoms with Crippen LogP contribution in [0.2, 0.25) is 0 Å². The smallest absolute Gasteiger partial charge is 0.326 e. The van der Waals surface area contributed by atoms with Crippen molar-refractivity contribution in [2.24, 2.45) is 0 Å². The van der Waals surface area contributed by atoms with E-state index in [1.54, 1.807) is 30.3 Å². The van der Waals surface area contributed by atoms with Gasteiger partial charge in [0.25, 0.3) is 11.8 Å². The van der Waals surface area contributed by atoms with Crippen LogP contribution in [0.5, 0.6) is 5.75 Å². The van der Waals surface area contributed by atoms with Gasteiger partial charge in [-0.3, -0.25) is 29.8 Å². The molecule has 2 aromatic carbocycles. The van der Waals surface area contributed by atoms with E-state index in [0.717, 1.165) is 0 Å². The van der Waals surface area contributed by atoms with Gasteiger partial charge in [0.2, 0.25) is 11.8 Å². The molecule has 2 aliphatic heterocycles. The number of carbonyl (C=O) groups excluding carboxylic acids is 5. The maximum atomic E-state index is 12.9. The van der Waals surface area contributed by atoms with E-state index in [9.17, 15) is 24.0 Å². The van der Waals surface area contributed by atoms with Crippen LogP contribution in [0.15, 0.2) is 42.5 Å². The Balaban J connectivity index is 1.45. The minimum atomic E-state index is -0.753. The van der Waals surface area contributed by atoms with Crippen molar-refractivity contribution >= 4 is 35.3 Å². The average Bonchev–Trinajstić information content (AvgIpc) is 3.09. The minimum absolute atomic E-state index is 0.123. The molecule has 10 heteroatoms. The highest BCUT2D eigenvalue weighted by molar-refractivity contribution is 6.10. The average molecular weight is 436 g/mol. The van der Waals surface area contributed by atoms with Crippen LogP contribution in [0, 0.1) is 0 Å². The second-order valence-electron chi connectivity index (χ2n) is 7.38. The minimum Gasteiger partial charge on any atom is -0.495 e. The number of nitrogens with zero attached hydrogens (tertiary/aromatic N) is 1. The number of nitrogens with one attached hydrogen (secondary N) is 3. The van der Waals surface area contributed by atoms with E-state index in [-0.39, 0.29) is 36.4 Å². The van der Waals surface area contributed by atoms with E-state index < -0.39 is 29.8 Å². The maximum absolute atomic E-state index is 12.9. The van der Waals surface area contributed by atoms with Crippen molar-refractivity contribution in [2.75, 3.05) is 12.4 Å². The van der Waals surface area contributed by atoms with Crippen LogP contribution in [0.1, 0.15) is 39.1 Å². The summed E-state index contributed by atoms with van der Waals surface area (Å²) >= 11 is 0. The molecule has 32 heavy (non-hydrogen) atoms. The van der Waals surface area contributed by atoms with E-state index in [4.69, 9.17) is 4.74 Å². The number of piperidine rings is 1. The molecule has 1 atom stereocenters. The summed E-state index contributed by atoms with van der Waals surface area (Å²) in [5, 5.41) is 7.00. The van der Waals surface area contributed by atoms with Crippen molar-refractivity contribution in [3.05, 3.63) is 59.2 Å². The zero-order valence-corrected chi connectivity index (χ0v) is 17.1. The van der Waals surface area contributed by atoms with Crippen molar-refractivity contribution in [1.82, 2.24) is 15.5 Å². The molecule has 0 aromatic heterocycles. The molecule has 0 saturated carbocycles. The summed E-state index contributed by atoms with van der Waals surface area (Å²) in [7, 11) is 1.46. The van der Waals surface area contributed by atoms with Gasteiger partial charge >= 0.3 is 6.03 Å². The number of benzene rings is 2. The zero-order valence-electron chi connectivity index (χ0n) is 17.1. The van der Waals surface area contributed by atoms with Crippen LogP contribution < -0.4 is 20.7 Å². The number of amides is 6. The molecule has 2 heterocycles. The van der Waals surface area contributed by atoms with Gasteiger partial charge in [-0.1, -0.05) is 18.2 Å². The van der Waals surface area contributed by atoms with E-state index >= 15 is 0 Å². The summed E-state index contributed by atoms with van der Waals surface area (Å²) in [6, 6.07) is 9.77. The fourth-order valence-electron chi connectivity index (χ4n) is 3.77. The summed E-state index contributed by atoms with van der Waals surface area (Å²) in [6.07, 6.45) is 0.409. The van der Waals surface area contributed by atoms with Gasteiger partial charge in [-0.15, -0.1) is 0 Å². The molecule has 1 fully saturated rings. The highest BCUT2D eigenvalue weighted by Gasteiger charge is 2.39. The summed E-state index contributed by atoms with van der Waals surface area (Å²) in [5.41, 5.74) is 1.46. The van der Waals surface area contributed by atoms with E-state index in [1.807, 2.05) is 0 Å². The fraction of sp³-hybridized carbons (Fsp3) is 0.227. The second kappa shape index (κ2) is 8.50. The van der Waals surface area contributed by atoms with Gasteiger partial charge in [-0.05, 0) is 36.2 Å². The van der Waals surface area contributed by atoms with Crippen LogP contribution >= 0.6 is 0 Å². The molecule has 10 nitrogen and oxygen atoms in total. The number of anilines is 1. The molecular formula is C22H20N4O6. The SMILES string of the molecule is COc1ccccc1NC(=O)NC(=O)c1ccc2c(c1)C(=O)N(C1CCC(=O)NC1=O)C2. The molecule has 4 rings (SSSR count). The highest BCUT2D eigenvalue weighted by atomic mass is 16.5. The molecule has 1 unspecified atom stereocenters. The first kappa shape index (κ1) is 21.0. The lowest BCUT2D eigenvalue weighted by molar-refractivity contribution is -0.136. The topological polar surface area (TPSA) is 134 Å². The van der Waals surface area contributed by atoms with Gasteiger partial charge in [-0.2, -0.15) is 0 Å². The van der Waals surface area contributed by atoms with Crippen LogP contribution in [-0.2, 0) is 16.1 Å². The number of para-hydroxylation sites is 2. The van der Waals surface area contributed by atoms with Gasteiger partial charge in [-0.25, -0.2) is 4.79 Å². The first-order chi connectivity index (χ1) is 15.4. The number of hydrogen-bond acceptors (Lipinski definition) is 6. The third kappa shape index (κ3) is 4.02. The Hall–Kier alpha value is -4.21. The number of rotatable bonds is 4. The number of ether oxygens (including phenoxy) is 1. The van der Waals surface area contributed by atoms with Crippen LogP contribution in [-0.4, -0.2) is 47.7 Å². The van der Waals surface area contributed by atoms with E-state index in [0.29, 0.717) is 17.0 Å². The van der Waals surface area contributed by atoms with Crippen molar-refractivity contribution in [1.29, 1.82) is 0 Å². The quantitative estimate of drug-likeness (QED) is 0.621. The summed E-state index contributed by atoms with van der Waals surface area (Å²) in [5.74, 6) is -1.52. The van der Waals surface area contributed by atoms with Gasteiger partial charge in [0.05, 0.1) is 12.8 Å². The van der Waals surface area contributed by atoms with Crippen molar-refractivity contribution in [3.63, 3.8) is 0 Å². The number of fused-ring (bicyclic) bond motifs is 1. The molecule has 0 spiro atoms. The molecule has 0 aliphatic carbocycles. The Labute approximate surface area is 182 Å². The molecule has 2 aliphatic rings. The lowest BCUT2D eigenvalue weighted by Crippen LogP contribution is -2.52. The first-order valence-electron chi connectivity index (χ1n) is 9.90. The molecule has 1 saturated heterocycles. The highest BCUT2D eigenvalue weighted by Crippen LogP contribution is 2.28. The van der Waals surface area contributed by atoms with Crippen molar-refractivity contribution in [3.8, 4) is 5.75 Å². The van der Waals surface area contributed by atoms with Crippen LogP contribution in [0.4, 0.5) is 10.5 Å². The first-order valence-corrected chi connectivity index (χ1v) is 9.90. The van der Waals surface area contributed by atoms with E-state index in [1.165, 1.54) is 24.1 Å². The predicted octanol–water partition coefficient (Wildman–Crippen LogP) is 1.42. The van der Waals surface area contributed by atoms with Gasteiger partial charge in [0, 0.05) is 24.1 Å². The summed E-state index contributed by atoms with van der Waals surface area (Å²) in [6.45, 7) is 0.205. The van der Waals surface area contributed by atoms with Crippen LogP contribution in [0.3, 0.4) is 0 Å². The molecule has 3 N–H and O–H groups in total.